The summed E-state index contributed by atoms with van der Waals surface area (Å²) in [7, 11) is 0. The van der Waals surface area contributed by atoms with Crippen LogP contribution in [0.2, 0.25) is 0 Å². The van der Waals surface area contributed by atoms with Crippen molar-refractivity contribution in [2.45, 2.75) is 77.2 Å². The molecule has 19 heavy (non-hydrogen) atoms. The van der Waals surface area contributed by atoms with Gasteiger partial charge in [-0.2, -0.15) is 5.26 Å². The van der Waals surface area contributed by atoms with Crippen LogP contribution in [0.1, 0.15) is 53.4 Å². The highest BCUT2D eigenvalue weighted by atomic mass is 16.5. The third-order valence-corrected chi connectivity index (χ3v) is 3.39. The summed E-state index contributed by atoms with van der Waals surface area (Å²) in [4.78, 5) is 0. The van der Waals surface area contributed by atoms with Gasteiger partial charge in [-0.3, -0.25) is 5.32 Å². The van der Waals surface area contributed by atoms with Gasteiger partial charge in [0.2, 0.25) is 0 Å². The normalized spacial score (nSPS) is 24.7. The fourth-order valence-electron chi connectivity index (χ4n) is 2.62. The van der Waals surface area contributed by atoms with E-state index in [1.165, 1.54) is 6.42 Å². The molecule has 0 bridgehead atoms. The van der Waals surface area contributed by atoms with E-state index < -0.39 is 5.54 Å². The standard InChI is InChI=1S/C15H28N2O2/c1-12(2)17-15(4,11-16)9-13(3)19-10-14-7-5-6-8-18-14/h12-14,17H,5-10H2,1-4H3. The highest BCUT2D eigenvalue weighted by molar-refractivity contribution is 5.05. The molecule has 110 valence electrons. The van der Waals surface area contributed by atoms with Gasteiger partial charge in [0.15, 0.2) is 0 Å². The third-order valence-electron chi connectivity index (χ3n) is 3.39. The third kappa shape index (κ3) is 6.38. The summed E-state index contributed by atoms with van der Waals surface area (Å²) < 4.78 is 11.5. The molecule has 1 aliphatic rings. The van der Waals surface area contributed by atoms with Crippen molar-refractivity contribution in [1.82, 2.24) is 5.32 Å². The lowest BCUT2D eigenvalue weighted by Crippen LogP contribution is -2.47. The van der Waals surface area contributed by atoms with Gasteiger partial charge >= 0.3 is 0 Å². The van der Waals surface area contributed by atoms with Crippen LogP contribution in [0.5, 0.6) is 0 Å². The van der Waals surface area contributed by atoms with Gasteiger partial charge < -0.3 is 9.47 Å². The molecule has 1 N–H and O–H groups in total. The van der Waals surface area contributed by atoms with Gasteiger partial charge in [-0.1, -0.05) is 0 Å². The van der Waals surface area contributed by atoms with Crippen molar-refractivity contribution < 1.29 is 9.47 Å². The summed E-state index contributed by atoms with van der Waals surface area (Å²) in [6.07, 6.45) is 4.47. The maximum absolute atomic E-state index is 9.31. The summed E-state index contributed by atoms with van der Waals surface area (Å²) in [5.74, 6) is 0. The molecule has 0 aromatic carbocycles. The van der Waals surface area contributed by atoms with E-state index in [9.17, 15) is 5.26 Å². The molecule has 0 aromatic rings. The molecule has 0 saturated carbocycles. The van der Waals surface area contributed by atoms with Gasteiger partial charge in [0.25, 0.3) is 0 Å². The number of hydrogen-bond donors (Lipinski definition) is 1. The first-order valence-electron chi connectivity index (χ1n) is 7.37. The Morgan fingerprint density at radius 1 is 1.42 bits per heavy atom. The number of hydrogen-bond acceptors (Lipinski definition) is 4. The lowest BCUT2D eigenvalue weighted by molar-refractivity contribution is -0.0633. The van der Waals surface area contributed by atoms with E-state index in [0.717, 1.165) is 19.4 Å². The Bertz CT molecular complexity index is 295. The number of nitrogens with zero attached hydrogens (tertiary/aromatic N) is 1. The Kier molecular flexibility index (Phi) is 6.78. The van der Waals surface area contributed by atoms with Crippen LogP contribution in [0, 0.1) is 11.3 Å². The van der Waals surface area contributed by atoms with Crippen LogP contribution >= 0.6 is 0 Å². The molecule has 3 unspecified atom stereocenters. The predicted molar refractivity (Wildman–Crippen MR) is 75.9 cm³/mol. The Labute approximate surface area is 117 Å². The highest BCUT2D eigenvalue weighted by Gasteiger charge is 2.27. The maximum Gasteiger partial charge on any atom is 0.106 e. The van der Waals surface area contributed by atoms with Crippen molar-refractivity contribution in [3.8, 4) is 6.07 Å². The zero-order valence-corrected chi connectivity index (χ0v) is 12.7. The van der Waals surface area contributed by atoms with Crippen molar-refractivity contribution in [3.05, 3.63) is 0 Å². The summed E-state index contributed by atoms with van der Waals surface area (Å²) in [5, 5.41) is 12.6. The molecule has 0 aliphatic carbocycles. The van der Waals surface area contributed by atoms with E-state index in [1.807, 2.05) is 13.8 Å². The Morgan fingerprint density at radius 3 is 2.68 bits per heavy atom. The minimum absolute atomic E-state index is 0.0569. The molecule has 1 heterocycles. The largest absolute Gasteiger partial charge is 0.376 e. The van der Waals surface area contributed by atoms with Crippen molar-refractivity contribution in [3.63, 3.8) is 0 Å². The number of rotatable bonds is 7. The summed E-state index contributed by atoms with van der Waals surface area (Å²) in [6, 6.07) is 2.65. The fourth-order valence-corrected chi connectivity index (χ4v) is 2.62. The van der Waals surface area contributed by atoms with Crippen LogP contribution in [-0.2, 0) is 9.47 Å². The summed E-state index contributed by atoms with van der Waals surface area (Å²) >= 11 is 0. The molecule has 1 saturated heterocycles. The predicted octanol–water partition coefficient (Wildman–Crippen LogP) is 2.63. The van der Waals surface area contributed by atoms with Gasteiger partial charge in [-0.25, -0.2) is 0 Å². The average Bonchev–Trinajstić information content (AvgIpc) is 2.36. The first kappa shape index (κ1) is 16.4. The molecule has 1 aliphatic heterocycles. The zero-order valence-electron chi connectivity index (χ0n) is 12.7. The first-order valence-corrected chi connectivity index (χ1v) is 7.37. The molecule has 3 atom stereocenters. The van der Waals surface area contributed by atoms with Gasteiger partial charge in [-0.05, 0) is 47.0 Å². The minimum Gasteiger partial charge on any atom is -0.376 e. The molecule has 1 rings (SSSR count). The molecule has 0 radical (unpaired) electrons. The minimum atomic E-state index is -0.527. The van der Waals surface area contributed by atoms with Crippen molar-refractivity contribution in [2.75, 3.05) is 13.2 Å². The number of nitrogens with one attached hydrogen (secondary N) is 1. The van der Waals surface area contributed by atoms with Gasteiger partial charge in [0.05, 0.1) is 24.9 Å². The molecular weight excluding hydrogens is 240 g/mol. The molecule has 0 amide bonds. The van der Waals surface area contributed by atoms with E-state index in [2.05, 4.69) is 25.2 Å². The number of nitriles is 1. The quantitative estimate of drug-likeness (QED) is 0.771. The first-order chi connectivity index (χ1) is 8.95. The average molecular weight is 268 g/mol. The molecular formula is C15H28N2O2. The Morgan fingerprint density at radius 2 is 2.16 bits per heavy atom. The van der Waals surface area contributed by atoms with Crippen LogP contribution in [0.25, 0.3) is 0 Å². The monoisotopic (exact) mass is 268 g/mol. The summed E-state index contributed by atoms with van der Waals surface area (Å²) in [6.45, 7) is 9.57. The molecule has 4 nitrogen and oxygen atoms in total. The SMILES string of the molecule is CC(C)NC(C)(C#N)CC(C)OCC1CCCCO1. The fraction of sp³-hybridized carbons (Fsp3) is 0.933. The zero-order chi connectivity index (χ0) is 14.3. The van der Waals surface area contributed by atoms with E-state index in [1.54, 1.807) is 0 Å². The summed E-state index contributed by atoms with van der Waals surface area (Å²) in [5.41, 5.74) is -0.527. The van der Waals surface area contributed by atoms with Crippen LogP contribution in [0.3, 0.4) is 0 Å². The Hall–Kier alpha value is -0.630. The number of ether oxygens (including phenoxy) is 2. The van der Waals surface area contributed by atoms with Crippen molar-refractivity contribution >= 4 is 0 Å². The van der Waals surface area contributed by atoms with Crippen LogP contribution in [-0.4, -0.2) is 37.0 Å². The maximum atomic E-state index is 9.31. The van der Waals surface area contributed by atoms with E-state index in [-0.39, 0.29) is 12.2 Å². The highest BCUT2D eigenvalue weighted by Crippen LogP contribution is 2.17. The Balaban J connectivity index is 2.32. The second-order valence-electron chi connectivity index (χ2n) is 6.08. The molecule has 4 heteroatoms. The lowest BCUT2D eigenvalue weighted by Gasteiger charge is -2.30. The van der Waals surface area contributed by atoms with Crippen molar-refractivity contribution in [2.24, 2.45) is 0 Å². The second-order valence-corrected chi connectivity index (χ2v) is 6.08. The lowest BCUT2D eigenvalue weighted by atomic mass is 9.95. The second kappa shape index (κ2) is 7.84. The van der Waals surface area contributed by atoms with E-state index in [4.69, 9.17) is 9.47 Å². The molecule has 0 spiro atoms. The van der Waals surface area contributed by atoms with Gasteiger partial charge in [0, 0.05) is 19.1 Å². The van der Waals surface area contributed by atoms with Crippen LogP contribution in [0.4, 0.5) is 0 Å². The molecule has 1 fully saturated rings. The van der Waals surface area contributed by atoms with Crippen LogP contribution < -0.4 is 5.32 Å². The van der Waals surface area contributed by atoms with Crippen LogP contribution in [0.15, 0.2) is 0 Å². The van der Waals surface area contributed by atoms with Gasteiger partial charge in [-0.15, -0.1) is 0 Å². The smallest absolute Gasteiger partial charge is 0.106 e. The van der Waals surface area contributed by atoms with Crippen molar-refractivity contribution in [1.29, 1.82) is 5.26 Å². The molecule has 0 aromatic heterocycles. The van der Waals surface area contributed by atoms with E-state index >= 15 is 0 Å². The van der Waals surface area contributed by atoms with Gasteiger partial charge in [0.1, 0.15) is 5.54 Å². The topological polar surface area (TPSA) is 54.3 Å². The van der Waals surface area contributed by atoms with E-state index in [0.29, 0.717) is 19.1 Å².